The van der Waals surface area contributed by atoms with E-state index in [4.69, 9.17) is 16.3 Å². The van der Waals surface area contributed by atoms with Crippen LogP contribution in [0.15, 0.2) is 12.5 Å². The summed E-state index contributed by atoms with van der Waals surface area (Å²) >= 11 is 5.87. The Labute approximate surface area is 81.3 Å². The number of aromatic nitrogens is 2. The van der Waals surface area contributed by atoms with Crippen LogP contribution < -0.4 is 5.32 Å². The summed E-state index contributed by atoms with van der Waals surface area (Å²) in [6.07, 6.45) is 4.05. The van der Waals surface area contributed by atoms with Gasteiger partial charge in [0.15, 0.2) is 0 Å². The Balaban J connectivity index is 2.04. The van der Waals surface area contributed by atoms with Crippen molar-refractivity contribution in [2.75, 3.05) is 18.5 Å². The zero-order chi connectivity index (χ0) is 9.10. The minimum Gasteiger partial charge on any atom is -0.379 e. The molecule has 0 radical (unpaired) electrons. The molecule has 0 saturated carbocycles. The zero-order valence-electron chi connectivity index (χ0n) is 7.03. The highest BCUT2D eigenvalue weighted by molar-refractivity contribution is 6.32. The fourth-order valence-electron chi connectivity index (χ4n) is 1.26. The smallest absolute Gasteiger partial charge is 0.148 e. The molecule has 0 aliphatic carbocycles. The number of hydrogen-bond donors (Lipinski definition) is 1. The lowest BCUT2D eigenvalue weighted by atomic mass is 10.2. The van der Waals surface area contributed by atoms with E-state index >= 15 is 0 Å². The summed E-state index contributed by atoms with van der Waals surface area (Å²) in [5.41, 5.74) is 0. The quantitative estimate of drug-likeness (QED) is 0.781. The van der Waals surface area contributed by atoms with Crippen LogP contribution in [0.25, 0.3) is 0 Å². The molecule has 1 atom stereocenters. The standard InChI is InChI=1S/C8H10ClN3O/c9-7-3-10-5-11-8(7)12-6-1-2-13-4-6/h3,5-6H,1-2,4H2,(H,10,11,12). The van der Waals surface area contributed by atoms with Gasteiger partial charge in [0.1, 0.15) is 17.2 Å². The molecule has 0 aromatic carbocycles. The number of anilines is 1. The van der Waals surface area contributed by atoms with Crippen LogP contribution >= 0.6 is 11.6 Å². The number of hydrogen-bond acceptors (Lipinski definition) is 4. The lowest BCUT2D eigenvalue weighted by Crippen LogP contribution is -2.19. The Hall–Kier alpha value is -0.870. The van der Waals surface area contributed by atoms with Crippen molar-refractivity contribution < 1.29 is 4.74 Å². The first-order valence-corrected chi connectivity index (χ1v) is 4.54. The van der Waals surface area contributed by atoms with E-state index in [9.17, 15) is 0 Å². The highest BCUT2D eigenvalue weighted by atomic mass is 35.5. The summed E-state index contributed by atoms with van der Waals surface area (Å²) in [5.74, 6) is 0.687. The molecule has 13 heavy (non-hydrogen) atoms. The number of nitrogens with zero attached hydrogens (tertiary/aromatic N) is 2. The third-order valence-electron chi connectivity index (χ3n) is 1.94. The molecule has 1 aliphatic heterocycles. The Morgan fingerprint density at radius 1 is 1.62 bits per heavy atom. The van der Waals surface area contributed by atoms with Gasteiger partial charge in [-0.2, -0.15) is 0 Å². The van der Waals surface area contributed by atoms with Crippen molar-refractivity contribution >= 4 is 17.4 Å². The fraction of sp³-hybridized carbons (Fsp3) is 0.500. The molecule has 5 heteroatoms. The fourth-order valence-corrected chi connectivity index (χ4v) is 1.42. The van der Waals surface area contributed by atoms with Gasteiger partial charge in [0.05, 0.1) is 18.8 Å². The molecule has 0 bridgehead atoms. The maximum atomic E-state index is 5.87. The van der Waals surface area contributed by atoms with E-state index < -0.39 is 0 Å². The molecular weight excluding hydrogens is 190 g/mol. The minimum absolute atomic E-state index is 0.326. The second-order valence-electron chi connectivity index (χ2n) is 2.92. The average molecular weight is 200 g/mol. The van der Waals surface area contributed by atoms with Crippen LogP contribution in [0.5, 0.6) is 0 Å². The van der Waals surface area contributed by atoms with E-state index in [1.807, 2.05) is 0 Å². The summed E-state index contributed by atoms with van der Waals surface area (Å²) in [6.45, 7) is 1.53. The Kier molecular flexibility index (Phi) is 2.61. The number of halogens is 1. The van der Waals surface area contributed by atoms with Crippen molar-refractivity contribution in [3.05, 3.63) is 17.5 Å². The first-order chi connectivity index (χ1) is 6.36. The lowest BCUT2D eigenvalue weighted by molar-refractivity contribution is 0.195. The van der Waals surface area contributed by atoms with Crippen LogP contribution in [0.1, 0.15) is 6.42 Å². The van der Waals surface area contributed by atoms with Crippen LogP contribution in [-0.2, 0) is 4.74 Å². The molecule has 1 unspecified atom stereocenters. The van der Waals surface area contributed by atoms with Crippen LogP contribution in [0, 0.1) is 0 Å². The van der Waals surface area contributed by atoms with Crippen molar-refractivity contribution in [2.24, 2.45) is 0 Å². The van der Waals surface area contributed by atoms with Crippen molar-refractivity contribution in [3.8, 4) is 0 Å². The molecule has 2 heterocycles. The molecule has 1 N–H and O–H groups in total. The molecule has 0 amide bonds. The van der Waals surface area contributed by atoms with Gasteiger partial charge in [0.25, 0.3) is 0 Å². The van der Waals surface area contributed by atoms with Crippen LogP contribution in [0.4, 0.5) is 5.82 Å². The summed E-state index contributed by atoms with van der Waals surface area (Å²) < 4.78 is 5.22. The molecule has 4 nitrogen and oxygen atoms in total. The topological polar surface area (TPSA) is 47.0 Å². The summed E-state index contributed by atoms with van der Waals surface area (Å²) in [4.78, 5) is 7.84. The summed E-state index contributed by atoms with van der Waals surface area (Å²) in [7, 11) is 0. The van der Waals surface area contributed by atoms with E-state index in [1.165, 1.54) is 6.33 Å². The lowest BCUT2D eigenvalue weighted by Gasteiger charge is -2.11. The highest BCUT2D eigenvalue weighted by Gasteiger charge is 2.16. The van der Waals surface area contributed by atoms with Gasteiger partial charge in [-0.05, 0) is 6.42 Å². The molecule has 1 aromatic heterocycles. The first kappa shape index (κ1) is 8.72. The van der Waals surface area contributed by atoms with E-state index in [2.05, 4.69) is 15.3 Å². The van der Waals surface area contributed by atoms with Crippen molar-refractivity contribution in [1.82, 2.24) is 9.97 Å². The normalized spacial score (nSPS) is 21.8. The number of nitrogens with one attached hydrogen (secondary N) is 1. The molecule has 1 fully saturated rings. The van der Waals surface area contributed by atoms with Gasteiger partial charge in [0, 0.05) is 6.61 Å². The van der Waals surface area contributed by atoms with Crippen LogP contribution in [0.2, 0.25) is 5.02 Å². The van der Waals surface area contributed by atoms with Gasteiger partial charge in [-0.15, -0.1) is 0 Å². The maximum absolute atomic E-state index is 5.87. The second kappa shape index (κ2) is 3.89. The Morgan fingerprint density at radius 2 is 2.54 bits per heavy atom. The SMILES string of the molecule is Clc1cncnc1NC1CCOC1. The summed E-state index contributed by atoms with van der Waals surface area (Å²) in [5, 5.41) is 3.75. The van der Waals surface area contributed by atoms with Crippen LogP contribution in [0.3, 0.4) is 0 Å². The van der Waals surface area contributed by atoms with Gasteiger partial charge in [-0.1, -0.05) is 11.6 Å². The largest absolute Gasteiger partial charge is 0.379 e. The molecule has 1 saturated heterocycles. The van der Waals surface area contributed by atoms with E-state index in [0.29, 0.717) is 16.9 Å². The maximum Gasteiger partial charge on any atom is 0.148 e. The van der Waals surface area contributed by atoms with E-state index in [-0.39, 0.29) is 0 Å². The third-order valence-corrected chi connectivity index (χ3v) is 2.21. The number of ether oxygens (including phenoxy) is 1. The summed E-state index contributed by atoms with van der Waals surface area (Å²) in [6, 6.07) is 0.326. The first-order valence-electron chi connectivity index (χ1n) is 4.16. The Morgan fingerprint density at radius 3 is 3.23 bits per heavy atom. The third kappa shape index (κ3) is 2.08. The monoisotopic (exact) mass is 199 g/mol. The number of rotatable bonds is 2. The molecule has 1 aliphatic rings. The van der Waals surface area contributed by atoms with Gasteiger partial charge < -0.3 is 10.1 Å². The highest BCUT2D eigenvalue weighted by Crippen LogP contribution is 2.19. The molecule has 0 spiro atoms. The minimum atomic E-state index is 0.326. The van der Waals surface area contributed by atoms with Gasteiger partial charge in [-0.3, -0.25) is 0 Å². The molecule has 70 valence electrons. The zero-order valence-corrected chi connectivity index (χ0v) is 7.79. The average Bonchev–Trinajstić information content (AvgIpc) is 2.61. The van der Waals surface area contributed by atoms with Crippen molar-refractivity contribution in [2.45, 2.75) is 12.5 Å². The predicted molar refractivity (Wildman–Crippen MR) is 49.9 cm³/mol. The van der Waals surface area contributed by atoms with Gasteiger partial charge in [0.2, 0.25) is 0 Å². The van der Waals surface area contributed by atoms with E-state index in [0.717, 1.165) is 19.6 Å². The second-order valence-corrected chi connectivity index (χ2v) is 3.33. The van der Waals surface area contributed by atoms with Crippen molar-refractivity contribution in [1.29, 1.82) is 0 Å². The Bertz CT molecular complexity index is 288. The molecule has 2 rings (SSSR count). The van der Waals surface area contributed by atoms with Crippen LogP contribution in [-0.4, -0.2) is 29.2 Å². The predicted octanol–water partition coefficient (Wildman–Crippen LogP) is 1.33. The van der Waals surface area contributed by atoms with Crippen molar-refractivity contribution in [3.63, 3.8) is 0 Å². The van der Waals surface area contributed by atoms with E-state index in [1.54, 1.807) is 6.20 Å². The van der Waals surface area contributed by atoms with Gasteiger partial charge >= 0.3 is 0 Å². The molecule has 1 aromatic rings. The van der Waals surface area contributed by atoms with Gasteiger partial charge in [-0.25, -0.2) is 9.97 Å². The molecular formula is C8H10ClN3O.